The first-order chi connectivity index (χ1) is 14.1. The number of carbonyl (C=O) groups is 2. The minimum Gasteiger partial charge on any atom is -0.497 e. The molecule has 0 atom stereocenters. The number of carbonyl (C=O) groups excluding carboxylic acids is 2. The summed E-state index contributed by atoms with van der Waals surface area (Å²) in [6.45, 7) is 2.22. The standard InChI is InChI=1S/C22H25N3O4/c1-28-20-4-2-3-18(13-20)25-21(26)15-29-19-7-5-17(6-8-19)22(27)24-14-16-9-11-23-12-10-16/h2-9,13,23H,10-12,14-15H2,1H3,(H,24,27)(H,25,26). The fourth-order valence-corrected chi connectivity index (χ4v) is 2.88. The second-order valence-corrected chi connectivity index (χ2v) is 6.59. The molecule has 29 heavy (non-hydrogen) atoms. The van der Waals surface area contributed by atoms with Crippen molar-refractivity contribution in [3.05, 3.63) is 65.7 Å². The van der Waals surface area contributed by atoms with E-state index < -0.39 is 0 Å². The summed E-state index contributed by atoms with van der Waals surface area (Å²) in [7, 11) is 1.57. The molecule has 0 aliphatic carbocycles. The third kappa shape index (κ3) is 6.36. The molecular weight excluding hydrogens is 370 g/mol. The maximum absolute atomic E-state index is 12.3. The van der Waals surface area contributed by atoms with E-state index in [0.717, 1.165) is 19.5 Å². The zero-order chi connectivity index (χ0) is 20.5. The smallest absolute Gasteiger partial charge is 0.262 e. The number of nitrogens with one attached hydrogen (secondary N) is 3. The summed E-state index contributed by atoms with van der Waals surface area (Å²) in [5.74, 6) is 0.763. The average Bonchev–Trinajstić information content (AvgIpc) is 2.77. The first-order valence-electron chi connectivity index (χ1n) is 9.47. The van der Waals surface area contributed by atoms with Crippen LogP contribution in [0.2, 0.25) is 0 Å². The van der Waals surface area contributed by atoms with Crippen molar-refractivity contribution >= 4 is 17.5 Å². The number of hydrogen-bond acceptors (Lipinski definition) is 5. The summed E-state index contributed by atoms with van der Waals surface area (Å²) >= 11 is 0. The van der Waals surface area contributed by atoms with Crippen molar-refractivity contribution in [3.63, 3.8) is 0 Å². The highest BCUT2D eigenvalue weighted by Crippen LogP contribution is 2.17. The largest absolute Gasteiger partial charge is 0.497 e. The van der Waals surface area contributed by atoms with Gasteiger partial charge in [-0.2, -0.15) is 0 Å². The van der Waals surface area contributed by atoms with E-state index >= 15 is 0 Å². The van der Waals surface area contributed by atoms with Crippen LogP contribution in [0, 0.1) is 0 Å². The molecule has 0 fully saturated rings. The molecule has 0 unspecified atom stereocenters. The van der Waals surface area contributed by atoms with Gasteiger partial charge in [-0.1, -0.05) is 17.7 Å². The molecule has 0 radical (unpaired) electrons. The molecule has 2 aromatic carbocycles. The topological polar surface area (TPSA) is 88.7 Å². The Labute approximate surface area is 170 Å². The number of ether oxygens (including phenoxy) is 2. The van der Waals surface area contributed by atoms with E-state index in [4.69, 9.17) is 9.47 Å². The molecule has 2 amide bonds. The van der Waals surface area contributed by atoms with E-state index in [0.29, 0.717) is 29.3 Å². The maximum atomic E-state index is 12.3. The second-order valence-electron chi connectivity index (χ2n) is 6.59. The van der Waals surface area contributed by atoms with Crippen LogP contribution in [-0.2, 0) is 4.79 Å². The highest BCUT2D eigenvalue weighted by Gasteiger charge is 2.09. The van der Waals surface area contributed by atoms with Gasteiger partial charge >= 0.3 is 0 Å². The van der Waals surface area contributed by atoms with Gasteiger partial charge in [-0.3, -0.25) is 9.59 Å². The van der Waals surface area contributed by atoms with Gasteiger partial charge in [0.05, 0.1) is 7.11 Å². The van der Waals surface area contributed by atoms with Gasteiger partial charge in [0.15, 0.2) is 6.61 Å². The Balaban J connectivity index is 1.45. The molecule has 152 valence electrons. The van der Waals surface area contributed by atoms with Crippen molar-refractivity contribution in [2.75, 3.05) is 38.7 Å². The van der Waals surface area contributed by atoms with E-state index in [9.17, 15) is 9.59 Å². The van der Waals surface area contributed by atoms with Crippen molar-refractivity contribution in [2.24, 2.45) is 0 Å². The zero-order valence-corrected chi connectivity index (χ0v) is 16.4. The van der Waals surface area contributed by atoms with Crippen LogP contribution < -0.4 is 25.4 Å². The Morgan fingerprint density at radius 2 is 1.93 bits per heavy atom. The van der Waals surface area contributed by atoms with Crippen LogP contribution in [0.4, 0.5) is 5.69 Å². The maximum Gasteiger partial charge on any atom is 0.262 e. The summed E-state index contributed by atoms with van der Waals surface area (Å²) in [6.07, 6.45) is 3.06. The van der Waals surface area contributed by atoms with Crippen molar-refractivity contribution in [3.8, 4) is 11.5 Å². The summed E-state index contributed by atoms with van der Waals surface area (Å²) in [6, 6.07) is 13.8. The van der Waals surface area contributed by atoms with Gasteiger partial charge in [0.1, 0.15) is 11.5 Å². The lowest BCUT2D eigenvalue weighted by Crippen LogP contribution is -2.29. The van der Waals surface area contributed by atoms with Crippen molar-refractivity contribution in [1.82, 2.24) is 10.6 Å². The van der Waals surface area contributed by atoms with Crippen LogP contribution in [-0.4, -0.2) is 45.2 Å². The SMILES string of the molecule is COc1cccc(NC(=O)COc2ccc(C(=O)NCC3=CCNCC3)cc2)c1. The van der Waals surface area contributed by atoms with E-state index in [1.165, 1.54) is 5.57 Å². The highest BCUT2D eigenvalue weighted by atomic mass is 16.5. The van der Waals surface area contributed by atoms with E-state index in [-0.39, 0.29) is 18.4 Å². The molecule has 7 heteroatoms. The normalized spacial score (nSPS) is 13.2. The van der Waals surface area contributed by atoms with Gasteiger partial charge in [0.25, 0.3) is 11.8 Å². The number of methoxy groups -OCH3 is 1. The minimum atomic E-state index is -0.282. The van der Waals surface area contributed by atoms with Crippen LogP contribution >= 0.6 is 0 Å². The molecule has 3 N–H and O–H groups in total. The van der Waals surface area contributed by atoms with Crippen LogP contribution in [0.25, 0.3) is 0 Å². The molecule has 0 saturated carbocycles. The minimum absolute atomic E-state index is 0.133. The Morgan fingerprint density at radius 1 is 1.10 bits per heavy atom. The highest BCUT2D eigenvalue weighted by molar-refractivity contribution is 5.94. The lowest BCUT2D eigenvalue weighted by atomic mass is 10.1. The third-order valence-corrected chi connectivity index (χ3v) is 4.47. The van der Waals surface area contributed by atoms with Crippen molar-refractivity contribution < 1.29 is 19.1 Å². The quantitative estimate of drug-likeness (QED) is 0.597. The number of amides is 2. The summed E-state index contributed by atoms with van der Waals surface area (Å²) in [5.41, 5.74) is 2.42. The predicted octanol–water partition coefficient (Wildman–Crippen LogP) is 2.36. The van der Waals surface area contributed by atoms with Crippen LogP contribution in [0.5, 0.6) is 11.5 Å². The van der Waals surface area contributed by atoms with E-state index in [2.05, 4.69) is 22.0 Å². The lowest BCUT2D eigenvalue weighted by molar-refractivity contribution is -0.118. The summed E-state index contributed by atoms with van der Waals surface area (Å²) in [4.78, 5) is 24.3. The molecule has 1 aliphatic rings. The number of anilines is 1. The zero-order valence-electron chi connectivity index (χ0n) is 16.4. The van der Waals surface area contributed by atoms with Crippen LogP contribution in [0.3, 0.4) is 0 Å². The van der Waals surface area contributed by atoms with Gasteiger partial charge in [-0.05, 0) is 49.4 Å². The molecule has 7 nitrogen and oxygen atoms in total. The Hall–Kier alpha value is -3.32. The fourth-order valence-electron chi connectivity index (χ4n) is 2.88. The number of rotatable bonds is 8. The lowest BCUT2D eigenvalue weighted by Gasteiger charge is -2.14. The molecule has 0 saturated heterocycles. The molecule has 0 bridgehead atoms. The Kier molecular flexibility index (Phi) is 7.24. The van der Waals surface area contributed by atoms with Crippen LogP contribution in [0.15, 0.2) is 60.2 Å². The van der Waals surface area contributed by atoms with E-state index in [1.54, 1.807) is 55.6 Å². The summed E-state index contributed by atoms with van der Waals surface area (Å²) < 4.78 is 10.6. The van der Waals surface area contributed by atoms with Gasteiger partial charge in [0, 0.05) is 30.4 Å². The summed E-state index contributed by atoms with van der Waals surface area (Å²) in [5, 5.41) is 8.91. The molecule has 1 heterocycles. The molecular formula is C22H25N3O4. The first-order valence-corrected chi connectivity index (χ1v) is 9.47. The second kappa shape index (κ2) is 10.3. The van der Waals surface area contributed by atoms with Crippen molar-refractivity contribution in [1.29, 1.82) is 0 Å². The average molecular weight is 395 g/mol. The molecule has 2 aromatic rings. The molecule has 0 aromatic heterocycles. The Bertz CT molecular complexity index is 878. The molecule has 3 rings (SSSR count). The van der Waals surface area contributed by atoms with Crippen LogP contribution in [0.1, 0.15) is 16.8 Å². The number of benzene rings is 2. The third-order valence-electron chi connectivity index (χ3n) is 4.47. The fraction of sp³-hybridized carbons (Fsp3) is 0.273. The number of hydrogen-bond donors (Lipinski definition) is 3. The van der Waals surface area contributed by atoms with Gasteiger partial charge in [0.2, 0.25) is 0 Å². The van der Waals surface area contributed by atoms with E-state index in [1.807, 2.05) is 0 Å². The predicted molar refractivity (Wildman–Crippen MR) is 111 cm³/mol. The van der Waals surface area contributed by atoms with Crippen molar-refractivity contribution in [2.45, 2.75) is 6.42 Å². The van der Waals surface area contributed by atoms with Gasteiger partial charge in [-0.15, -0.1) is 0 Å². The van der Waals surface area contributed by atoms with Gasteiger partial charge in [-0.25, -0.2) is 0 Å². The molecule has 0 spiro atoms. The van der Waals surface area contributed by atoms with Gasteiger partial charge < -0.3 is 25.4 Å². The monoisotopic (exact) mass is 395 g/mol. The first kappa shape index (κ1) is 20.4. The molecule has 1 aliphatic heterocycles. The Morgan fingerprint density at radius 3 is 2.66 bits per heavy atom.